The number of rotatable bonds is 1. The second-order valence-corrected chi connectivity index (χ2v) is 4.12. The molecule has 0 radical (unpaired) electrons. The van der Waals surface area contributed by atoms with Crippen LogP contribution >= 0.6 is 0 Å². The lowest BCUT2D eigenvalue weighted by Gasteiger charge is -2.30. The number of imide groups is 1. The molecule has 1 fully saturated rings. The molecule has 3 amide bonds. The average molecular weight is 276 g/mol. The van der Waals surface area contributed by atoms with Gasteiger partial charge in [0.1, 0.15) is 5.69 Å². The highest BCUT2D eigenvalue weighted by atomic mass is 19.2. The first-order chi connectivity index (χ1) is 8.82. The Morgan fingerprint density at radius 3 is 2.21 bits per heavy atom. The van der Waals surface area contributed by atoms with Crippen LogP contribution in [0.25, 0.3) is 0 Å². The summed E-state index contributed by atoms with van der Waals surface area (Å²) in [5.41, 5.74) is -1.14. The lowest BCUT2D eigenvalue weighted by molar-refractivity contribution is -0.123. The zero-order valence-electron chi connectivity index (χ0n) is 9.64. The number of nitrogens with one attached hydrogen (secondary N) is 1. The third-order valence-electron chi connectivity index (χ3n) is 2.74. The molecule has 0 aliphatic carbocycles. The van der Waals surface area contributed by atoms with E-state index in [1.54, 1.807) is 0 Å². The van der Waals surface area contributed by atoms with Crippen LogP contribution < -0.4 is 10.2 Å². The Kier molecular flexibility index (Phi) is 3.17. The number of carbonyl (C=O) groups excluding carboxylic acids is 2. The molecule has 1 aliphatic heterocycles. The van der Waals surface area contributed by atoms with Gasteiger partial charge in [-0.2, -0.15) is 0 Å². The third-order valence-corrected chi connectivity index (χ3v) is 2.74. The van der Waals surface area contributed by atoms with Crippen molar-refractivity contribution in [3.8, 4) is 0 Å². The molecule has 1 unspecified atom stereocenters. The summed E-state index contributed by atoms with van der Waals surface area (Å²) in [5.74, 6) is -7.99. The highest BCUT2D eigenvalue weighted by Gasteiger charge is 2.35. The van der Waals surface area contributed by atoms with Gasteiger partial charge in [-0.1, -0.05) is 6.92 Å². The highest BCUT2D eigenvalue weighted by Crippen LogP contribution is 2.29. The van der Waals surface area contributed by atoms with E-state index in [-0.39, 0.29) is 12.6 Å². The van der Waals surface area contributed by atoms with Crippen molar-refractivity contribution in [3.63, 3.8) is 0 Å². The fourth-order valence-corrected chi connectivity index (χ4v) is 1.73. The maximum atomic E-state index is 13.5. The monoisotopic (exact) mass is 276 g/mol. The number of benzene rings is 1. The first-order valence-corrected chi connectivity index (χ1v) is 5.28. The quantitative estimate of drug-likeness (QED) is 0.629. The Morgan fingerprint density at radius 1 is 1.16 bits per heavy atom. The topological polar surface area (TPSA) is 49.4 Å². The molecule has 0 aromatic heterocycles. The van der Waals surface area contributed by atoms with Gasteiger partial charge in [0.2, 0.25) is 5.91 Å². The Bertz CT molecular complexity index is 550. The van der Waals surface area contributed by atoms with Crippen molar-refractivity contribution in [2.45, 2.75) is 6.92 Å². The normalized spacial score (nSPS) is 19.6. The van der Waals surface area contributed by atoms with Gasteiger partial charge in [-0.05, 0) is 0 Å². The van der Waals surface area contributed by atoms with E-state index in [1.165, 1.54) is 6.92 Å². The van der Waals surface area contributed by atoms with E-state index in [4.69, 9.17) is 0 Å². The maximum Gasteiger partial charge on any atom is 0.328 e. The molecule has 1 heterocycles. The van der Waals surface area contributed by atoms with E-state index in [9.17, 15) is 27.2 Å². The van der Waals surface area contributed by atoms with E-state index < -0.39 is 46.8 Å². The van der Waals surface area contributed by atoms with Gasteiger partial charge in [0, 0.05) is 12.6 Å². The molecule has 102 valence electrons. The SMILES string of the molecule is CC1CN(c2c(F)c(F)cc(F)c2F)C(=O)NC1=O. The zero-order chi connectivity index (χ0) is 14.3. The van der Waals surface area contributed by atoms with Crippen LogP contribution in [0.15, 0.2) is 6.07 Å². The Hall–Kier alpha value is -2.12. The van der Waals surface area contributed by atoms with Crippen LogP contribution in [0.5, 0.6) is 0 Å². The molecule has 1 aromatic rings. The zero-order valence-corrected chi connectivity index (χ0v) is 9.64. The first-order valence-electron chi connectivity index (χ1n) is 5.28. The molecule has 19 heavy (non-hydrogen) atoms. The van der Waals surface area contributed by atoms with Crippen molar-refractivity contribution in [2.75, 3.05) is 11.4 Å². The molecule has 1 saturated heterocycles. The summed E-state index contributed by atoms with van der Waals surface area (Å²) < 4.78 is 53.2. The third kappa shape index (κ3) is 2.13. The smallest absolute Gasteiger partial charge is 0.288 e. The van der Waals surface area contributed by atoms with Crippen LogP contribution in [-0.4, -0.2) is 18.5 Å². The summed E-state index contributed by atoms with van der Waals surface area (Å²) in [6.45, 7) is 1.03. The minimum absolute atomic E-state index is 0.0462. The van der Waals surface area contributed by atoms with Gasteiger partial charge >= 0.3 is 6.03 Å². The summed E-state index contributed by atoms with van der Waals surface area (Å²) >= 11 is 0. The Balaban J connectivity index is 2.53. The van der Waals surface area contributed by atoms with Crippen molar-refractivity contribution in [1.82, 2.24) is 5.32 Å². The second-order valence-electron chi connectivity index (χ2n) is 4.12. The number of nitrogens with zero attached hydrogens (tertiary/aromatic N) is 1. The van der Waals surface area contributed by atoms with Crippen LogP contribution in [0.2, 0.25) is 0 Å². The molecule has 8 heteroatoms. The average Bonchev–Trinajstić information content (AvgIpc) is 2.33. The lowest BCUT2D eigenvalue weighted by atomic mass is 10.1. The van der Waals surface area contributed by atoms with Crippen molar-refractivity contribution >= 4 is 17.6 Å². The number of anilines is 1. The fourth-order valence-electron chi connectivity index (χ4n) is 1.73. The van der Waals surface area contributed by atoms with Gasteiger partial charge in [0.15, 0.2) is 23.3 Å². The number of halogens is 4. The van der Waals surface area contributed by atoms with Gasteiger partial charge in [0.25, 0.3) is 0 Å². The van der Waals surface area contributed by atoms with Crippen LogP contribution in [0, 0.1) is 29.2 Å². The Morgan fingerprint density at radius 2 is 1.68 bits per heavy atom. The molecular weight excluding hydrogens is 268 g/mol. The number of hydrogen-bond donors (Lipinski definition) is 1. The number of amides is 3. The fraction of sp³-hybridized carbons (Fsp3) is 0.273. The van der Waals surface area contributed by atoms with Gasteiger partial charge in [-0.3, -0.25) is 15.0 Å². The molecular formula is C11H8F4N2O2. The first kappa shape index (κ1) is 13.3. The lowest BCUT2D eigenvalue weighted by Crippen LogP contribution is -2.54. The molecule has 0 bridgehead atoms. The van der Waals surface area contributed by atoms with Crippen LogP contribution in [0.4, 0.5) is 28.0 Å². The van der Waals surface area contributed by atoms with Crippen molar-refractivity contribution < 1.29 is 27.2 Å². The van der Waals surface area contributed by atoms with Gasteiger partial charge in [-0.25, -0.2) is 22.4 Å². The minimum atomic E-state index is -1.68. The number of carbonyl (C=O) groups is 2. The second kappa shape index (κ2) is 4.52. The van der Waals surface area contributed by atoms with E-state index >= 15 is 0 Å². The van der Waals surface area contributed by atoms with Crippen LogP contribution in [0.1, 0.15) is 6.92 Å². The standard InChI is InChI=1S/C11H8F4N2O2/c1-4-3-17(11(19)16-10(4)18)9-7(14)5(12)2-6(13)8(9)15/h2,4H,3H2,1H3,(H,16,18,19). The molecule has 1 aliphatic rings. The number of urea groups is 1. The largest absolute Gasteiger partial charge is 0.328 e. The molecule has 2 rings (SSSR count). The minimum Gasteiger partial charge on any atom is -0.288 e. The maximum absolute atomic E-state index is 13.5. The van der Waals surface area contributed by atoms with Crippen LogP contribution in [0.3, 0.4) is 0 Å². The molecule has 1 aromatic carbocycles. The van der Waals surface area contributed by atoms with Gasteiger partial charge in [0.05, 0.1) is 5.92 Å². The summed E-state index contributed by atoms with van der Waals surface area (Å²) in [6.07, 6.45) is 0. The van der Waals surface area contributed by atoms with Gasteiger partial charge < -0.3 is 0 Å². The molecule has 0 saturated carbocycles. The van der Waals surface area contributed by atoms with E-state index in [2.05, 4.69) is 0 Å². The highest BCUT2D eigenvalue weighted by molar-refractivity contribution is 6.06. The Labute approximate surface area is 105 Å². The summed E-state index contributed by atoms with van der Waals surface area (Å²) in [7, 11) is 0. The van der Waals surface area contributed by atoms with Gasteiger partial charge in [-0.15, -0.1) is 0 Å². The molecule has 4 nitrogen and oxygen atoms in total. The molecule has 1 atom stereocenters. The molecule has 1 N–H and O–H groups in total. The van der Waals surface area contributed by atoms with Crippen molar-refractivity contribution in [1.29, 1.82) is 0 Å². The summed E-state index contributed by atoms with van der Waals surface area (Å²) in [6, 6.07) is -1.09. The summed E-state index contributed by atoms with van der Waals surface area (Å²) in [4.78, 5) is 23.1. The number of hydrogen-bond acceptors (Lipinski definition) is 2. The molecule has 0 spiro atoms. The van der Waals surface area contributed by atoms with Crippen molar-refractivity contribution in [2.24, 2.45) is 5.92 Å². The van der Waals surface area contributed by atoms with Crippen LogP contribution in [-0.2, 0) is 4.79 Å². The van der Waals surface area contributed by atoms with Crippen molar-refractivity contribution in [3.05, 3.63) is 29.3 Å². The van der Waals surface area contributed by atoms with E-state index in [0.29, 0.717) is 4.90 Å². The van der Waals surface area contributed by atoms with E-state index in [1.807, 2.05) is 5.32 Å². The summed E-state index contributed by atoms with van der Waals surface area (Å²) in [5, 5.41) is 1.84. The predicted molar refractivity (Wildman–Crippen MR) is 56.3 cm³/mol. The van der Waals surface area contributed by atoms with E-state index in [0.717, 1.165) is 0 Å². The predicted octanol–water partition coefficient (Wildman–Crippen LogP) is 1.94.